The van der Waals surface area contributed by atoms with Gasteiger partial charge in [0, 0.05) is 38.0 Å². The molecule has 3 aromatic rings. The number of likely N-dealkylation sites (tertiary alicyclic amines) is 1. The molecule has 0 saturated carbocycles. The van der Waals surface area contributed by atoms with Gasteiger partial charge in [0.2, 0.25) is 5.89 Å². The molecule has 0 aliphatic carbocycles. The molecule has 0 bridgehead atoms. The van der Waals surface area contributed by atoms with E-state index in [9.17, 15) is 4.79 Å². The number of methoxy groups -OCH3 is 1. The Morgan fingerprint density at radius 2 is 2.14 bits per heavy atom. The molecule has 0 radical (unpaired) electrons. The first-order valence-electron chi connectivity index (χ1n) is 9.52. The van der Waals surface area contributed by atoms with Crippen molar-refractivity contribution in [2.75, 3.05) is 13.7 Å². The van der Waals surface area contributed by atoms with Crippen LogP contribution in [0.2, 0.25) is 0 Å². The van der Waals surface area contributed by atoms with E-state index < -0.39 is 0 Å². The van der Waals surface area contributed by atoms with Crippen molar-refractivity contribution in [3.63, 3.8) is 0 Å². The van der Waals surface area contributed by atoms with Crippen LogP contribution in [0.3, 0.4) is 0 Å². The fraction of sp³-hybridized carbons (Fsp3) is 0.381. The van der Waals surface area contributed by atoms with Gasteiger partial charge in [-0.2, -0.15) is 0 Å². The molecule has 0 unspecified atom stereocenters. The minimum absolute atomic E-state index is 0.0818. The lowest BCUT2D eigenvalue weighted by atomic mass is 10.0. The monoisotopic (exact) mass is 380 g/mol. The Morgan fingerprint density at radius 1 is 1.29 bits per heavy atom. The highest BCUT2D eigenvalue weighted by Gasteiger charge is 2.33. The Balaban J connectivity index is 1.56. The van der Waals surface area contributed by atoms with E-state index in [1.807, 2.05) is 36.2 Å². The molecule has 3 heterocycles. The average molecular weight is 380 g/mol. The van der Waals surface area contributed by atoms with E-state index in [0.29, 0.717) is 24.7 Å². The molecule has 1 aromatic carbocycles. The molecule has 1 fully saturated rings. The lowest BCUT2D eigenvalue weighted by molar-refractivity contribution is 0.0554. The Hall–Kier alpha value is -3.09. The Kier molecular flexibility index (Phi) is 5.14. The number of oxazole rings is 1. The third kappa shape index (κ3) is 3.52. The second-order valence-electron chi connectivity index (χ2n) is 7.03. The number of para-hydroxylation sites is 1. The van der Waals surface area contributed by atoms with E-state index in [-0.39, 0.29) is 11.9 Å². The van der Waals surface area contributed by atoms with Crippen LogP contribution in [-0.2, 0) is 13.5 Å². The number of imidazole rings is 1. The van der Waals surface area contributed by atoms with Gasteiger partial charge in [0.25, 0.3) is 5.91 Å². The van der Waals surface area contributed by atoms with E-state index in [4.69, 9.17) is 9.15 Å². The maximum absolute atomic E-state index is 13.0. The number of benzene rings is 1. The van der Waals surface area contributed by atoms with Crippen molar-refractivity contribution in [3.05, 3.63) is 65.9 Å². The standard InChI is InChI=1S/C21H24N4O3/c1-24-12-10-22-19(24)21(26)25-11-6-5-8-17(25)20-23-14-16(28-20)13-15-7-3-4-9-18(15)27-2/h3-4,7,9-10,12,14,17H,5-6,8,11,13H2,1-2H3/t17-/m0/s1. The molecule has 146 valence electrons. The van der Waals surface area contributed by atoms with Gasteiger partial charge in [-0.3, -0.25) is 4.79 Å². The second kappa shape index (κ2) is 7.88. The van der Waals surface area contributed by atoms with E-state index in [1.54, 1.807) is 30.3 Å². The lowest BCUT2D eigenvalue weighted by Crippen LogP contribution is -2.39. The molecule has 1 saturated heterocycles. The summed E-state index contributed by atoms with van der Waals surface area (Å²) in [6.45, 7) is 0.681. The number of amides is 1. The highest BCUT2D eigenvalue weighted by Crippen LogP contribution is 2.32. The summed E-state index contributed by atoms with van der Waals surface area (Å²) in [5.41, 5.74) is 1.04. The van der Waals surface area contributed by atoms with Crippen LogP contribution in [-0.4, -0.2) is 39.0 Å². The molecule has 0 spiro atoms. The van der Waals surface area contributed by atoms with Crippen LogP contribution in [0.15, 0.2) is 47.3 Å². The molecule has 0 N–H and O–H groups in total. The van der Waals surface area contributed by atoms with E-state index in [0.717, 1.165) is 36.3 Å². The zero-order valence-corrected chi connectivity index (χ0v) is 16.2. The van der Waals surface area contributed by atoms with Crippen molar-refractivity contribution in [1.29, 1.82) is 0 Å². The van der Waals surface area contributed by atoms with Crippen molar-refractivity contribution in [2.24, 2.45) is 7.05 Å². The summed E-state index contributed by atoms with van der Waals surface area (Å²) < 4.78 is 13.2. The van der Waals surface area contributed by atoms with Gasteiger partial charge in [-0.15, -0.1) is 0 Å². The molecule has 1 aliphatic rings. The van der Waals surface area contributed by atoms with Crippen molar-refractivity contribution in [1.82, 2.24) is 19.4 Å². The van der Waals surface area contributed by atoms with Crippen LogP contribution in [0.25, 0.3) is 0 Å². The van der Waals surface area contributed by atoms with E-state index in [1.165, 1.54) is 0 Å². The quantitative estimate of drug-likeness (QED) is 0.678. The van der Waals surface area contributed by atoms with Crippen LogP contribution in [0, 0.1) is 0 Å². The van der Waals surface area contributed by atoms with Crippen molar-refractivity contribution in [3.8, 4) is 5.75 Å². The fourth-order valence-electron chi connectivity index (χ4n) is 3.73. The van der Waals surface area contributed by atoms with Crippen molar-refractivity contribution in [2.45, 2.75) is 31.7 Å². The van der Waals surface area contributed by atoms with Crippen LogP contribution in [0.1, 0.15) is 53.1 Å². The number of nitrogens with zero attached hydrogens (tertiary/aromatic N) is 4. The molecule has 1 atom stereocenters. The van der Waals surface area contributed by atoms with Gasteiger partial charge in [-0.05, 0) is 25.3 Å². The molecule has 1 aliphatic heterocycles. The van der Waals surface area contributed by atoms with E-state index >= 15 is 0 Å². The summed E-state index contributed by atoms with van der Waals surface area (Å²) in [4.78, 5) is 23.5. The smallest absolute Gasteiger partial charge is 0.290 e. The summed E-state index contributed by atoms with van der Waals surface area (Å²) in [5, 5.41) is 0. The van der Waals surface area contributed by atoms with Crippen molar-refractivity contribution < 1.29 is 13.9 Å². The minimum Gasteiger partial charge on any atom is -0.496 e. The minimum atomic E-state index is -0.163. The summed E-state index contributed by atoms with van der Waals surface area (Å²) in [6.07, 6.45) is 8.62. The SMILES string of the molecule is COc1ccccc1Cc1cnc([C@@H]2CCCCN2C(=O)c2nccn2C)o1. The third-order valence-corrected chi connectivity index (χ3v) is 5.19. The maximum atomic E-state index is 13.0. The number of piperidine rings is 1. The number of rotatable bonds is 5. The van der Waals surface area contributed by atoms with Gasteiger partial charge >= 0.3 is 0 Å². The van der Waals surface area contributed by atoms with Gasteiger partial charge in [-0.1, -0.05) is 18.2 Å². The molecular formula is C21H24N4O3. The number of aromatic nitrogens is 3. The van der Waals surface area contributed by atoms with Crippen molar-refractivity contribution >= 4 is 5.91 Å². The normalized spacial score (nSPS) is 16.9. The van der Waals surface area contributed by atoms with E-state index in [2.05, 4.69) is 9.97 Å². The molecule has 7 nitrogen and oxygen atoms in total. The zero-order valence-electron chi connectivity index (χ0n) is 16.2. The molecule has 4 rings (SSSR count). The second-order valence-corrected chi connectivity index (χ2v) is 7.03. The van der Waals surface area contributed by atoms with Gasteiger partial charge in [-0.25, -0.2) is 9.97 Å². The van der Waals surface area contributed by atoms with Crippen LogP contribution in [0.4, 0.5) is 0 Å². The summed E-state index contributed by atoms with van der Waals surface area (Å²) in [6, 6.07) is 7.70. The first kappa shape index (κ1) is 18.3. The van der Waals surface area contributed by atoms with Gasteiger partial charge in [0.15, 0.2) is 5.82 Å². The Bertz CT molecular complexity index is 962. The Labute approximate surface area is 164 Å². The van der Waals surface area contributed by atoms with Gasteiger partial charge in [0.05, 0.1) is 13.3 Å². The number of carbonyl (C=O) groups excluding carboxylic acids is 1. The number of hydrogen-bond acceptors (Lipinski definition) is 5. The predicted octanol–water partition coefficient (Wildman–Crippen LogP) is 3.37. The lowest BCUT2D eigenvalue weighted by Gasteiger charge is -2.33. The highest BCUT2D eigenvalue weighted by molar-refractivity contribution is 5.91. The molecule has 2 aromatic heterocycles. The number of ether oxygens (including phenoxy) is 1. The topological polar surface area (TPSA) is 73.4 Å². The number of carbonyl (C=O) groups is 1. The average Bonchev–Trinajstić information content (AvgIpc) is 3.37. The Morgan fingerprint density at radius 3 is 2.93 bits per heavy atom. The van der Waals surface area contributed by atoms with Gasteiger partial charge < -0.3 is 18.6 Å². The molecule has 1 amide bonds. The van der Waals surface area contributed by atoms with Crippen LogP contribution in [0.5, 0.6) is 5.75 Å². The summed E-state index contributed by atoms with van der Waals surface area (Å²) in [7, 11) is 3.49. The zero-order chi connectivity index (χ0) is 19.5. The third-order valence-electron chi connectivity index (χ3n) is 5.19. The first-order valence-corrected chi connectivity index (χ1v) is 9.52. The maximum Gasteiger partial charge on any atom is 0.290 e. The summed E-state index contributed by atoms with van der Waals surface area (Å²) in [5.74, 6) is 2.53. The highest BCUT2D eigenvalue weighted by atomic mass is 16.5. The first-order chi connectivity index (χ1) is 13.7. The fourth-order valence-corrected chi connectivity index (χ4v) is 3.73. The molecule has 28 heavy (non-hydrogen) atoms. The van der Waals surface area contributed by atoms with Crippen LogP contribution >= 0.6 is 0 Å². The molecular weight excluding hydrogens is 356 g/mol. The predicted molar refractivity (Wildman–Crippen MR) is 103 cm³/mol. The largest absolute Gasteiger partial charge is 0.496 e. The molecule has 7 heteroatoms. The summed E-state index contributed by atoms with van der Waals surface area (Å²) >= 11 is 0. The van der Waals surface area contributed by atoms with Crippen LogP contribution < -0.4 is 4.74 Å². The number of hydrogen-bond donors (Lipinski definition) is 0. The van der Waals surface area contributed by atoms with Gasteiger partial charge in [0.1, 0.15) is 17.6 Å². The number of aryl methyl sites for hydroxylation is 1.